The molecule has 8 heteroatoms. The van der Waals surface area contributed by atoms with Gasteiger partial charge in [0.15, 0.2) is 0 Å². The summed E-state index contributed by atoms with van der Waals surface area (Å²) in [5.74, 6) is 0.411. The molecule has 2 aliphatic rings. The van der Waals surface area contributed by atoms with E-state index in [2.05, 4.69) is 27.7 Å². The highest BCUT2D eigenvalue weighted by Crippen LogP contribution is 2.60. The maximum Gasteiger partial charge on any atom is 0.279 e. The number of nitrogens with zero attached hydrogens (tertiary/aromatic N) is 2. The summed E-state index contributed by atoms with van der Waals surface area (Å²) in [5, 5.41) is 14.6. The van der Waals surface area contributed by atoms with Gasteiger partial charge in [0.05, 0.1) is 20.1 Å². The van der Waals surface area contributed by atoms with Crippen LogP contribution in [-0.4, -0.2) is 46.1 Å². The number of carbonyl (C=O) groups is 2. The van der Waals surface area contributed by atoms with E-state index in [1.165, 1.54) is 23.5 Å². The van der Waals surface area contributed by atoms with E-state index in [1.54, 1.807) is 10.0 Å². The van der Waals surface area contributed by atoms with Crippen molar-refractivity contribution in [3.63, 3.8) is 0 Å². The summed E-state index contributed by atoms with van der Waals surface area (Å²) in [6.07, 6.45) is 5.88. The van der Waals surface area contributed by atoms with Crippen LogP contribution < -0.4 is 4.74 Å². The summed E-state index contributed by atoms with van der Waals surface area (Å²) in [5.41, 5.74) is 2.07. The Morgan fingerprint density at radius 3 is 2.00 bits per heavy atom. The van der Waals surface area contributed by atoms with Crippen molar-refractivity contribution >= 4 is 35.3 Å². The second-order valence-electron chi connectivity index (χ2n) is 9.69. The predicted octanol–water partition coefficient (Wildman–Crippen LogP) is 7.15. The van der Waals surface area contributed by atoms with Crippen LogP contribution in [0.3, 0.4) is 0 Å². The molecule has 0 spiro atoms. The first kappa shape index (κ1) is 28.4. The van der Waals surface area contributed by atoms with Crippen LogP contribution in [0.4, 0.5) is 0 Å². The number of rotatable bonds is 12. The molecule has 6 nitrogen and oxygen atoms in total. The molecule has 2 aliphatic heterocycles. The molecular formula is C30H38N2O4S2. The van der Waals surface area contributed by atoms with Crippen molar-refractivity contribution in [2.45, 2.75) is 88.5 Å². The van der Waals surface area contributed by atoms with Gasteiger partial charge >= 0.3 is 0 Å². The summed E-state index contributed by atoms with van der Waals surface area (Å²) >= 11 is 2.69. The quantitative estimate of drug-likeness (QED) is 0.222. The van der Waals surface area contributed by atoms with E-state index in [9.17, 15) is 14.7 Å². The largest absolute Gasteiger partial charge is 0.506 e. The van der Waals surface area contributed by atoms with Gasteiger partial charge in [0.1, 0.15) is 17.1 Å². The number of phenolic OH excluding ortho intramolecular Hbond substituents is 1. The van der Waals surface area contributed by atoms with Crippen LogP contribution in [-0.2, 0) is 16.0 Å². The Morgan fingerprint density at radius 1 is 0.868 bits per heavy atom. The Hall–Kier alpha value is -2.58. The van der Waals surface area contributed by atoms with Gasteiger partial charge < -0.3 is 9.84 Å². The fourth-order valence-electron chi connectivity index (χ4n) is 4.63. The highest BCUT2D eigenvalue weighted by molar-refractivity contribution is 8.25. The van der Waals surface area contributed by atoms with Gasteiger partial charge in [0.25, 0.3) is 11.8 Å². The molecule has 0 radical (unpaired) electrons. The van der Waals surface area contributed by atoms with Crippen molar-refractivity contribution in [2.75, 3.05) is 13.1 Å². The summed E-state index contributed by atoms with van der Waals surface area (Å²) in [6, 6.07) is 12.0. The van der Waals surface area contributed by atoms with Crippen molar-refractivity contribution in [3.8, 4) is 11.5 Å². The summed E-state index contributed by atoms with van der Waals surface area (Å²) in [4.78, 5) is 28.6. The third-order valence-corrected chi connectivity index (χ3v) is 9.54. The predicted molar refractivity (Wildman–Crippen MR) is 154 cm³/mol. The van der Waals surface area contributed by atoms with Gasteiger partial charge in [-0.05, 0) is 37.3 Å². The van der Waals surface area contributed by atoms with E-state index >= 15 is 0 Å². The Labute approximate surface area is 234 Å². The van der Waals surface area contributed by atoms with E-state index in [0.29, 0.717) is 34.4 Å². The van der Waals surface area contributed by atoms with Crippen LogP contribution in [0.5, 0.6) is 11.5 Å². The van der Waals surface area contributed by atoms with Crippen molar-refractivity contribution in [2.24, 2.45) is 0 Å². The molecule has 2 heterocycles. The molecule has 2 aromatic carbocycles. The zero-order valence-electron chi connectivity index (χ0n) is 22.8. The first-order chi connectivity index (χ1) is 18.4. The molecule has 0 aromatic heterocycles. The standard InChI is InChI=1S/C30H38N2O4S2/c1-5-9-16-31-28(34)24(29(35)32(31)17-10-6-2)30-37-26-23(36-22(7-3)8-4)19-21(25(33)27(26)38-30)18-20-14-12-11-13-15-20/h11-15,19,22,33H,5-10,16-18H2,1-4H3. The lowest BCUT2D eigenvalue weighted by atomic mass is 10.0. The molecule has 0 atom stereocenters. The van der Waals surface area contributed by atoms with Crippen LogP contribution in [0.15, 0.2) is 56.0 Å². The van der Waals surface area contributed by atoms with Gasteiger partial charge in [0.2, 0.25) is 0 Å². The molecule has 0 saturated carbocycles. The Kier molecular flexibility index (Phi) is 9.71. The molecule has 1 saturated heterocycles. The fourth-order valence-corrected chi connectivity index (χ4v) is 7.29. The number of carbonyl (C=O) groups excluding carboxylic acids is 2. The zero-order chi connectivity index (χ0) is 27.2. The van der Waals surface area contributed by atoms with Crippen LogP contribution in [0.2, 0.25) is 0 Å². The molecule has 2 aromatic rings. The maximum atomic E-state index is 13.6. The van der Waals surface area contributed by atoms with Crippen LogP contribution in [0, 0.1) is 0 Å². The van der Waals surface area contributed by atoms with Crippen molar-refractivity contribution < 1.29 is 19.4 Å². The number of hydrogen-bond acceptors (Lipinski definition) is 6. The lowest BCUT2D eigenvalue weighted by molar-refractivity contribution is -0.147. The third-order valence-electron chi connectivity index (χ3n) is 6.92. The molecule has 204 valence electrons. The Morgan fingerprint density at radius 2 is 1.45 bits per heavy atom. The minimum Gasteiger partial charge on any atom is -0.506 e. The zero-order valence-corrected chi connectivity index (χ0v) is 24.4. The molecular weight excluding hydrogens is 516 g/mol. The molecule has 38 heavy (non-hydrogen) atoms. The summed E-state index contributed by atoms with van der Waals surface area (Å²) in [7, 11) is 0. The topological polar surface area (TPSA) is 70.1 Å². The average Bonchev–Trinajstić information content (AvgIpc) is 3.46. The summed E-state index contributed by atoms with van der Waals surface area (Å²) in [6.45, 7) is 9.41. The average molecular weight is 555 g/mol. The van der Waals surface area contributed by atoms with Gasteiger partial charge in [-0.1, -0.05) is 94.4 Å². The number of amides is 2. The third kappa shape index (κ3) is 5.86. The van der Waals surface area contributed by atoms with E-state index in [-0.39, 0.29) is 29.2 Å². The molecule has 0 aliphatic carbocycles. The molecule has 1 N–H and O–H groups in total. The Bertz CT molecular complexity index is 1170. The first-order valence-electron chi connectivity index (χ1n) is 13.8. The first-order valence-corrected chi connectivity index (χ1v) is 15.4. The molecule has 2 amide bonds. The van der Waals surface area contributed by atoms with E-state index in [1.807, 2.05) is 36.4 Å². The molecule has 4 rings (SSSR count). The highest BCUT2D eigenvalue weighted by atomic mass is 32.2. The molecule has 0 unspecified atom stereocenters. The number of aromatic hydroxyl groups is 1. The molecule has 1 fully saturated rings. The van der Waals surface area contributed by atoms with Crippen molar-refractivity contribution in [3.05, 3.63) is 57.3 Å². The molecule has 0 bridgehead atoms. The van der Waals surface area contributed by atoms with E-state index < -0.39 is 0 Å². The van der Waals surface area contributed by atoms with Gasteiger partial charge in [-0.25, -0.2) is 10.0 Å². The van der Waals surface area contributed by atoms with Crippen molar-refractivity contribution in [1.29, 1.82) is 0 Å². The number of benzene rings is 2. The highest BCUT2D eigenvalue weighted by Gasteiger charge is 2.44. The number of phenols is 1. The number of hydrogen-bond donors (Lipinski definition) is 1. The van der Waals surface area contributed by atoms with Crippen LogP contribution >= 0.6 is 23.5 Å². The number of fused-ring (bicyclic) bond motifs is 1. The lowest BCUT2D eigenvalue weighted by Gasteiger charge is -2.27. The van der Waals surface area contributed by atoms with Crippen molar-refractivity contribution in [1.82, 2.24) is 10.0 Å². The normalized spacial score (nSPS) is 15.3. The second kappa shape index (κ2) is 13.0. The minimum atomic E-state index is -0.242. The lowest BCUT2D eigenvalue weighted by Crippen LogP contribution is -2.42. The van der Waals surface area contributed by atoms with Crippen LogP contribution in [0.1, 0.15) is 77.3 Å². The number of ether oxygens (including phenoxy) is 1. The summed E-state index contributed by atoms with van der Waals surface area (Å²) < 4.78 is 7.07. The smallest absolute Gasteiger partial charge is 0.279 e. The number of unbranched alkanes of at least 4 members (excludes halogenated alkanes) is 2. The minimum absolute atomic E-state index is 0.0411. The van der Waals surface area contributed by atoms with Gasteiger partial charge in [-0.2, -0.15) is 0 Å². The second-order valence-corrected chi connectivity index (χ2v) is 12.0. The number of hydrazine groups is 1. The van der Waals surface area contributed by atoms with E-state index in [4.69, 9.17) is 4.74 Å². The SMILES string of the molecule is CCCCN1C(=O)C(=C2Sc3c(OC(CC)CC)cc(Cc4ccccc4)c(O)c3S2)C(=O)N1CCCC. The monoisotopic (exact) mass is 554 g/mol. The fraction of sp³-hybridized carbons (Fsp3) is 0.467. The van der Waals surface area contributed by atoms with E-state index in [0.717, 1.165) is 54.5 Å². The van der Waals surface area contributed by atoms with Crippen LogP contribution in [0.25, 0.3) is 0 Å². The Balaban J connectivity index is 1.75. The van der Waals surface area contributed by atoms with Gasteiger partial charge in [-0.3, -0.25) is 9.59 Å². The van der Waals surface area contributed by atoms with Gasteiger partial charge in [0, 0.05) is 25.1 Å². The van der Waals surface area contributed by atoms with Gasteiger partial charge in [-0.15, -0.1) is 0 Å². The maximum absolute atomic E-state index is 13.6. The number of thioether (sulfide) groups is 2.